The van der Waals surface area contributed by atoms with E-state index < -0.39 is 5.82 Å². The Morgan fingerprint density at radius 2 is 2.04 bits per heavy atom. The van der Waals surface area contributed by atoms with Gasteiger partial charge >= 0.3 is 0 Å². The van der Waals surface area contributed by atoms with Crippen LogP contribution in [0.5, 0.6) is 0 Å². The van der Waals surface area contributed by atoms with E-state index in [1.54, 1.807) is 18.4 Å². The maximum atomic E-state index is 13.8. The Kier molecular flexibility index (Phi) is 4.48. The van der Waals surface area contributed by atoms with Gasteiger partial charge in [0.15, 0.2) is 0 Å². The predicted octanol–water partition coefficient (Wildman–Crippen LogP) is 4.49. The van der Waals surface area contributed by atoms with Crippen molar-refractivity contribution in [1.29, 1.82) is 0 Å². The van der Waals surface area contributed by atoms with Crippen LogP contribution in [0.2, 0.25) is 5.02 Å². The zero-order chi connectivity index (χ0) is 16.2. The van der Waals surface area contributed by atoms with Gasteiger partial charge in [0.2, 0.25) is 5.91 Å². The van der Waals surface area contributed by atoms with Crippen LogP contribution in [0.4, 0.5) is 10.1 Å². The fraction of sp³-hybridized carbons (Fsp3) is 0.118. The summed E-state index contributed by atoms with van der Waals surface area (Å²) >= 11 is 5.70. The van der Waals surface area contributed by atoms with Gasteiger partial charge < -0.3 is 14.3 Å². The fourth-order valence-electron chi connectivity index (χ4n) is 2.36. The SMILES string of the molecule is O=C(CC(c1ccco1)n1cccc1)Nc1ccc(Cl)cc1F. The minimum Gasteiger partial charge on any atom is -0.467 e. The summed E-state index contributed by atoms with van der Waals surface area (Å²) in [5, 5.41) is 2.84. The average Bonchev–Trinajstić information content (AvgIpc) is 3.21. The Balaban J connectivity index is 1.76. The number of aromatic nitrogens is 1. The quantitative estimate of drug-likeness (QED) is 0.748. The predicted molar refractivity (Wildman–Crippen MR) is 85.9 cm³/mol. The molecule has 0 bridgehead atoms. The van der Waals surface area contributed by atoms with Gasteiger partial charge in [0.05, 0.1) is 24.4 Å². The van der Waals surface area contributed by atoms with Gasteiger partial charge in [-0.3, -0.25) is 4.79 Å². The van der Waals surface area contributed by atoms with Crippen molar-refractivity contribution < 1.29 is 13.6 Å². The molecule has 4 nitrogen and oxygen atoms in total. The maximum Gasteiger partial charge on any atom is 0.227 e. The van der Waals surface area contributed by atoms with Crippen molar-refractivity contribution >= 4 is 23.2 Å². The number of carbonyl (C=O) groups excluding carboxylic acids is 1. The molecule has 1 unspecified atom stereocenters. The Bertz CT molecular complexity index is 751. The molecule has 0 radical (unpaired) electrons. The lowest BCUT2D eigenvalue weighted by atomic mass is 10.1. The third-order valence-electron chi connectivity index (χ3n) is 3.44. The second-order valence-electron chi connectivity index (χ2n) is 5.04. The summed E-state index contributed by atoms with van der Waals surface area (Å²) in [6.07, 6.45) is 5.37. The van der Waals surface area contributed by atoms with Crippen LogP contribution >= 0.6 is 11.6 Å². The smallest absolute Gasteiger partial charge is 0.227 e. The lowest BCUT2D eigenvalue weighted by Gasteiger charge is -2.16. The van der Waals surface area contributed by atoms with E-state index in [-0.39, 0.29) is 29.1 Å². The third kappa shape index (κ3) is 3.63. The van der Waals surface area contributed by atoms with Crippen LogP contribution < -0.4 is 5.32 Å². The lowest BCUT2D eigenvalue weighted by Crippen LogP contribution is -2.19. The van der Waals surface area contributed by atoms with E-state index in [0.29, 0.717) is 5.76 Å². The summed E-state index contributed by atoms with van der Waals surface area (Å²) in [5.74, 6) is -0.226. The molecular weight excluding hydrogens is 319 g/mol. The van der Waals surface area contributed by atoms with Crippen LogP contribution in [0, 0.1) is 5.82 Å². The van der Waals surface area contributed by atoms with Crippen molar-refractivity contribution in [2.45, 2.75) is 12.5 Å². The second-order valence-corrected chi connectivity index (χ2v) is 5.47. The molecule has 0 spiro atoms. The third-order valence-corrected chi connectivity index (χ3v) is 3.68. The zero-order valence-electron chi connectivity index (χ0n) is 12.1. The number of nitrogens with one attached hydrogen (secondary N) is 1. The molecule has 2 heterocycles. The summed E-state index contributed by atoms with van der Waals surface area (Å²) in [5.41, 5.74) is 0.102. The molecule has 118 valence electrons. The molecule has 6 heteroatoms. The van der Waals surface area contributed by atoms with Crippen molar-refractivity contribution in [3.8, 4) is 0 Å². The number of halogens is 2. The van der Waals surface area contributed by atoms with Crippen LogP contribution in [0.15, 0.2) is 65.5 Å². The second kappa shape index (κ2) is 6.71. The van der Waals surface area contributed by atoms with Gasteiger partial charge in [-0.1, -0.05) is 11.6 Å². The topological polar surface area (TPSA) is 47.2 Å². The number of carbonyl (C=O) groups is 1. The molecule has 1 amide bonds. The van der Waals surface area contributed by atoms with E-state index in [1.807, 2.05) is 29.1 Å². The fourth-order valence-corrected chi connectivity index (χ4v) is 2.52. The molecule has 1 aromatic carbocycles. The van der Waals surface area contributed by atoms with Crippen LogP contribution in [0.25, 0.3) is 0 Å². The van der Waals surface area contributed by atoms with Crippen molar-refractivity contribution in [2.75, 3.05) is 5.32 Å². The molecule has 1 N–H and O–H groups in total. The average molecular weight is 333 g/mol. The van der Waals surface area contributed by atoms with Gasteiger partial charge in [-0.25, -0.2) is 4.39 Å². The molecule has 3 aromatic rings. The molecule has 0 aliphatic carbocycles. The van der Waals surface area contributed by atoms with Gasteiger partial charge in [0.25, 0.3) is 0 Å². The lowest BCUT2D eigenvalue weighted by molar-refractivity contribution is -0.116. The number of furan rings is 1. The molecule has 2 aromatic heterocycles. The Labute approximate surface area is 137 Å². The number of hydrogen-bond acceptors (Lipinski definition) is 2. The van der Waals surface area contributed by atoms with Crippen LogP contribution in [-0.4, -0.2) is 10.5 Å². The summed E-state index contributed by atoms with van der Waals surface area (Å²) < 4.78 is 21.1. The normalized spacial score (nSPS) is 12.1. The summed E-state index contributed by atoms with van der Waals surface area (Å²) in [7, 11) is 0. The van der Waals surface area contributed by atoms with E-state index in [9.17, 15) is 9.18 Å². The Morgan fingerprint density at radius 1 is 1.26 bits per heavy atom. The van der Waals surface area contributed by atoms with E-state index in [1.165, 1.54) is 12.1 Å². The highest BCUT2D eigenvalue weighted by molar-refractivity contribution is 6.30. The highest BCUT2D eigenvalue weighted by Crippen LogP contribution is 2.24. The first-order valence-corrected chi connectivity index (χ1v) is 7.42. The minimum atomic E-state index is -0.568. The number of anilines is 1. The van der Waals surface area contributed by atoms with Crippen LogP contribution in [-0.2, 0) is 4.79 Å². The number of hydrogen-bond donors (Lipinski definition) is 1. The van der Waals surface area contributed by atoms with Gasteiger partial charge in [-0.15, -0.1) is 0 Å². The van der Waals surface area contributed by atoms with E-state index in [4.69, 9.17) is 16.0 Å². The Hall–Kier alpha value is -2.53. The monoisotopic (exact) mass is 332 g/mol. The van der Waals surface area contributed by atoms with Crippen molar-refractivity contribution in [1.82, 2.24) is 4.57 Å². The molecule has 0 saturated heterocycles. The number of benzene rings is 1. The van der Waals surface area contributed by atoms with Gasteiger partial charge in [-0.2, -0.15) is 0 Å². The molecule has 1 atom stereocenters. The zero-order valence-corrected chi connectivity index (χ0v) is 12.8. The maximum absolute atomic E-state index is 13.8. The minimum absolute atomic E-state index is 0.102. The first kappa shape index (κ1) is 15.4. The number of rotatable bonds is 5. The summed E-state index contributed by atoms with van der Waals surface area (Å²) in [6.45, 7) is 0. The standard InChI is InChI=1S/C17H14ClFN2O2/c18-12-5-6-14(13(19)10-12)20-17(22)11-15(16-4-3-9-23-16)21-7-1-2-8-21/h1-10,15H,11H2,(H,20,22). The van der Waals surface area contributed by atoms with E-state index >= 15 is 0 Å². The first-order chi connectivity index (χ1) is 11.1. The highest BCUT2D eigenvalue weighted by Gasteiger charge is 2.20. The van der Waals surface area contributed by atoms with E-state index in [2.05, 4.69) is 5.32 Å². The molecule has 0 aliphatic heterocycles. The van der Waals surface area contributed by atoms with Gasteiger partial charge in [0, 0.05) is 17.4 Å². The summed E-state index contributed by atoms with van der Waals surface area (Å²) in [4.78, 5) is 12.3. The summed E-state index contributed by atoms with van der Waals surface area (Å²) in [6, 6.07) is 11.1. The van der Waals surface area contributed by atoms with Crippen molar-refractivity contribution in [2.24, 2.45) is 0 Å². The molecule has 23 heavy (non-hydrogen) atoms. The molecule has 0 fully saturated rings. The number of amides is 1. The van der Waals surface area contributed by atoms with E-state index in [0.717, 1.165) is 6.07 Å². The molecule has 0 saturated carbocycles. The van der Waals surface area contributed by atoms with Crippen molar-refractivity contribution in [3.63, 3.8) is 0 Å². The van der Waals surface area contributed by atoms with Crippen molar-refractivity contribution in [3.05, 3.63) is 77.7 Å². The number of nitrogens with zero attached hydrogens (tertiary/aromatic N) is 1. The van der Waals surface area contributed by atoms with Crippen LogP contribution in [0.3, 0.4) is 0 Å². The van der Waals surface area contributed by atoms with Gasteiger partial charge in [-0.05, 0) is 42.5 Å². The Morgan fingerprint density at radius 3 is 2.70 bits per heavy atom. The largest absolute Gasteiger partial charge is 0.467 e. The molecule has 3 rings (SSSR count). The molecule has 0 aliphatic rings. The molecular formula is C17H14ClFN2O2. The first-order valence-electron chi connectivity index (χ1n) is 7.04. The highest BCUT2D eigenvalue weighted by atomic mass is 35.5. The van der Waals surface area contributed by atoms with Crippen LogP contribution in [0.1, 0.15) is 18.2 Å². The van der Waals surface area contributed by atoms with Gasteiger partial charge in [0.1, 0.15) is 11.6 Å².